The van der Waals surface area contributed by atoms with Crippen LogP contribution in [0.3, 0.4) is 0 Å². The Morgan fingerprint density at radius 1 is 1.00 bits per heavy atom. The van der Waals surface area contributed by atoms with Gasteiger partial charge in [0, 0.05) is 13.2 Å². The van der Waals surface area contributed by atoms with Gasteiger partial charge in [0.25, 0.3) is 0 Å². The van der Waals surface area contributed by atoms with Gasteiger partial charge in [0.05, 0.1) is 20.3 Å². The van der Waals surface area contributed by atoms with Crippen LogP contribution >= 0.6 is 0 Å². The average Bonchev–Trinajstić information content (AvgIpc) is 2.48. The van der Waals surface area contributed by atoms with E-state index in [-0.39, 0.29) is 5.97 Å². The van der Waals surface area contributed by atoms with E-state index in [2.05, 4.69) is 12.2 Å². The van der Waals surface area contributed by atoms with Crippen molar-refractivity contribution in [3.63, 3.8) is 0 Å². The molecule has 5 nitrogen and oxygen atoms in total. The molecule has 0 saturated heterocycles. The van der Waals surface area contributed by atoms with Gasteiger partial charge in [-0.05, 0) is 39.2 Å². The highest BCUT2D eigenvalue weighted by Crippen LogP contribution is 2.15. The monoisotopic (exact) mass is 303 g/mol. The molecule has 0 aromatic carbocycles. The van der Waals surface area contributed by atoms with Crippen LogP contribution in [0.2, 0.25) is 0 Å². The number of hydrogen-bond donors (Lipinski definition) is 1. The molecular formula is C16H33NO4. The first-order valence-corrected chi connectivity index (χ1v) is 8.09. The Morgan fingerprint density at radius 2 is 1.62 bits per heavy atom. The first kappa shape index (κ1) is 20.3. The van der Waals surface area contributed by atoms with Crippen molar-refractivity contribution in [3.8, 4) is 0 Å². The lowest BCUT2D eigenvalue weighted by molar-refractivity contribution is -0.148. The maximum atomic E-state index is 11.8. The van der Waals surface area contributed by atoms with Gasteiger partial charge in [0.1, 0.15) is 5.54 Å². The number of methoxy groups -OCH3 is 1. The third-order valence-corrected chi connectivity index (χ3v) is 3.43. The summed E-state index contributed by atoms with van der Waals surface area (Å²) in [6, 6.07) is 0. The summed E-state index contributed by atoms with van der Waals surface area (Å²) in [5.41, 5.74) is -0.591. The molecule has 0 saturated carbocycles. The van der Waals surface area contributed by atoms with Crippen molar-refractivity contribution in [2.24, 2.45) is 0 Å². The Morgan fingerprint density at radius 3 is 2.14 bits per heavy atom. The maximum absolute atomic E-state index is 11.8. The standard InChI is InChI=1S/C16H33NO4/c1-5-7-11-20-13-14-21-12-9-8-10-16(3,17-6-2)15(18)19-4/h17H,5-14H2,1-4H3. The van der Waals surface area contributed by atoms with E-state index in [4.69, 9.17) is 14.2 Å². The minimum atomic E-state index is -0.591. The Kier molecular flexibility index (Phi) is 12.6. The van der Waals surface area contributed by atoms with Crippen LogP contribution in [-0.2, 0) is 19.0 Å². The Bertz CT molecular complexity index is 261. The summed E-state index contributed by atoms with van der Waals surface area (Å²) in [5.74, 6) is -0.199. The molecule has 0 aliphatic heterocycles. The average molecular weight is 303 g/mol. The number of carbonyl (C=O) groups is 1. The van der Waals surface area contributed by atoms with Crippen molar-refractivity contribution in [1.29, 1.82) is 0 Å². The molecule has 0 heterocycles. The Balaban J connectivity index is 3.61. The second-order valence-electron chi connectivity index (χ2n) is 5.39. The minimum Gasteiger partial charge on any atom is -0.468 e. The lowest BCUT2D eigenvalue weighted by atomic mass is 9.95. The summed E-state index contributed by atoms with van der Waals surface area (Å²) >= 11 is 0. The number of ether oxygens (including phenoxy) is 3. The predicted octanol–water partition coefficient (Wildman–Crippen LogP) is 2.53. The highest BCUT2D eigenvalue weighted by atomic mass is 16.5. The molecule has 0 aliphatic rings. The van der Waals surface area contributed by atoms with Gasteiger partial charge in [-0.1, -0.05) is 20.3 Å². The third-order valence-electron chi connectivity index (χ3n) is 3.43. The molecule has 0 aliphatic carbocycles. The molecule has 1 N–H and O–H groups in total. The Labute approximate surface area is 129 Å². The molecule has 0 amide bonds. The van der Waals surface area contributed by atoms with Crippen molar-refractivity contribution >= 4 is 5.97 Å². The lowest BCUT2D eigenvalue weighted by Crippen LogP contribution is -2.50. The number of carbonyl (C=O) groups excluding carboxylic acids is 1. The fraction of sp³-hybridized carbons (Fsp3) is 0.938. The summed E-state index contributed by atoms with van der Waals surface area (Å²) in [7, 11) is 1.43. The Hall–Kier alpha value is -0.650. The molecule has 126 valence electrons. The molecule has 0 fully saturated rings. The molecule has 1 unspecified atom stereocenters. The van der Waals surface area contributed by atoms with Gasteiger partial charge < -0.3 is 19.5 Å². The van der Waals surface area contributed by atoms with Crippen molar-refractivity contribution in [2.75, 3.05) is 40.1 Å². The summed E-state index contributed by atoms with van der Waals surface area (Å²) in [6.45, 7) is 9.61. The zero-order chi connectivity index (χ0) is 16.0. The molecular weight excluding hydrogens is 270 g/mol. The SMILES string of the molecule is CCCCOCCOCCCCC(C)(NCC)C(=O)OC. The first-order chi connectivity index (χ1) is 10.1. The minimum absolute atomic E-state index is 0.199. The van der Waals surface area contributed by atoms with Crippen LogP contribution in [-0.4, -0.2) is 51.6 Å². The van der Waals surface area contributed by atoms with Crippen molar-refractivity contribution < 1.29 is 19.0 Å². The molecule has 0 rings (SSSR count). The number of esters is 1. The highest BCUT2D eigenvalue weighted by Gasteiger charge is 2.32. The molecule has 1 atom stereocenters. The molecule has 0 radical (unpaired) electrons. The van der Waals surface area contributed by atoms with E-state index in [1.807, 2.05) is 13.8 Å². The quantitative estimate of drug-likeness (QED) is 0.395. The van der Waals surface area contributed by atoms with Crippen molar-refractivity contribution in [1.82, 2.24) is 5.32 Å². The van der Waals surface area contributed by atoms with Crippen LogP contribution < -0.4 is 5.32 Å². The van der Waals surface area contributed by atoms with Gasteiger partial charge in [0.15, 0.2) is 0 Å². The number of unbranched alkanes of at least 4 members (excludes halogenated alkanes) is 2. The van der Waals surface area contributed by atoms with Gasteiger partial charge in [0.2, 0.25) is 0 Å². The molecule has 0 aromatic rings. The zero-order valence-corrected chi connectivity index (χ0v) is 14.2. The highest BCUT2D eigenvalue weighted by molar-refractivity contribution is 5.80. The summed E-state index contributed by atoms with van der Waals surface area (Å²) in [5, 5.41) is 3.21. The second kappa shape index (κ2) is 13.0. The van der Waals surface area contributed by atoms with Gasteiger partial charge >= 0.3 is 5.97 Å². The van der Waals surface area contributed by atoms with Crippen LogP contribution in [0.4, 0.5) is 0 Å². The number of nitrogens with one attached hydrogen (secondary N) is 1. The van der Waals surface area contributed by atoms with E-state index in [0.717, 1.165) is 45.3 Å². The van der Waals surface area contributed by atoms with Crippen LogP contribution in [0.25, 0.3) is 0 Å². The summed E-state index contributed by atoms with van der Waals surface area (Å²) in [6.07, 6.45) is 4.88. The van der Waals surface area contributed by atoms with E-state index in [1.54, 1.807) is 0 Å². The summed E-state index contributed by atoms with van der Waals surface area (Å²) in [4.78, 5) is 11.8. The van der Waals surface area contributed by atoms with Crippen LogP contribution in [0.5, 0.6) is 0 Å². The molecule has 5 heteroatoms. The van der Waals surface area contributed by atoms with Crippen molar-refractivity contribution in [2.45, 2.75) is 58.4 Å². The van der Waals surface area contributed by atoms with Crippen LogP contribution in [0.1, 0.15) is 52.9 Å². The smallest absolute Gasteiger partial charge is 0.325 e. The maximum Gasteiger partial charge on any atom is 0.325 e. The van der Waals surface area contributed by atoms with Gasteiger partial charge in [-0.25, -0.2) is 0 Å². The van der Waals surface area contributed by atoms with E-state index in [1.165, 1.54) is 7.11 Å². The topological polar surface area (TPSA) is 56.8 Å². The number of likely N-dealkylation sites (N-methyl/N-ethyl adjacent to an activating group) is 1. The number of rotatable bonds is 14. The summed E-state index contributed by atoms with van der Waals surface area (Å²) < 4.78 is 15.8. The van der Waals surface area contributed by atoms with E-state index >= 15 is 0 Å². The third kappa shape index (κ3) is 9.82. The van der Waals surface area contributed by atoms with Crippen molar-refractivity contribution in [3.05, 3.63) is 0 Å². The normalized spacial score (nSPS) is 13.9. The van der Waals surface area contributed by atoms with E-state index in [0.29, 0.717) is 19.8 Å². The first-order valence-electron chi connectivity index (χ1n) is 8.09. The molecule has 0 spiro atoms. The van der Waals surface area contributed by atoms with Gasteiger partial charge in [-0.3, -0.25) is 4.79 Å². The molecule has 21 heavy (non-hydrogen) atoms. The zero-order valence-electron chi connectivity index (χ0n) is 14.2. The van der Waals surface area contributed by atoms with E-state index < -0.39 is 5.54 Å². The molecule has 0 bridgehead atoms. The predicted molar refractivity (Wildman–Crippen MR) is 84.5 cm³/mol. The largest absolute Gasteiger partial charge is 0.468 e. The number of hydrogen-bond acceptors (Lipinski definition) is 5. The van der Waals surface area contributed by atoms with Crippen LogP contribution in [0, 0.1) is 0 Å². The fourth-order valence-electron chi connectivity index (χ4n) is 2.13. The fourth-order valence-corrected chi connectivity index (χ4v) is 2.13. The van der Waals surface area contributed by atoms with E-state index in [9.17, 15) is 4.79 Å². The second-order valence-corrected chi connectivity index (χ2v) is 5.39. The van der Waals surface area contributed by atoms with Crippen LogP contribution in [0.15, 0.2) is 0 Å². The van der Waals surface area contributed by atoms with Gasteiger partial charge in [-0.15, -0.1) is 0 Å². The molecule has 0 aromatic heterocycles. The lowest BCUT2D eigenvalue weighted by Gasteiger charge is -2.27. The van der Waals surface area contributed by atoms with Gasteiger partial charge in [-0.2, -0.15) is 0 Å².